The number of aromatic amines is 1. The smallest absolute Gasteiger partial charge is 0.139 e. The average Bonchev–Trinajstić information content (AvgIpc) is 3.04. The van der Waals surface area contributed by atoms with E-state index in [1.807, 2.05) is 48.5 Å². The molecule has 0 bridgehead atoms. The van der Waals surface area contributed by atoms with Crippen molar-refractivity contribution in [2.24, 2.45) is 0 Å². The standard InChI is InChI=1S/C16H12N4O/c1-21-11-7-8-12-13(9-11)17-14(10-5-3-2-4-6-10)16-15(12)18-20-19-16/h2-9H,1H3,(H,18,19,20). The van der Waals surface area contributed by atoms with E-state index in [1.54, 1.807) is 7.11 Å². The fourth-order valence-electron chi connectivity index (χ4n) is 2.49. The molecule has 5 nitrogen and oxygen atoms in total. The summed E-state index contributed by atoms with van der Waals surface area (Å²) in [5, 5.41) is 12.2. The highest BCUT2D eigenvalue weighted by Gasteiger charge is 2.13. The lowest BCUT2D eigenvalue weighted by Gasteiger charge is -2.06. The summed E-state index contributed by atoms with van der Waals surface area (Å²) in [7, 11) is 1.65. The summed E-state index contributed by atoms with van der Waals surface area (Å²) >= 11 is 0. The SMILES string of the molecule is COc1ccc2c(c1)nc(-c1ccccc1)c1n[nH]nc12. The van der Waals surface area contributed by atoms with E-state index in [9.17, 15) is 0 Å². The van der Waals surface area contributed by atoms with Gasteiger partial charge in [-0.05, 0) is 12.1 Å². The number of pyridine rings is 1. The van der Waals surface area contributed by atoms with Gasteiger partial charge in [-0.2, -0.15) is 15.4 Å². The minimum atomic E-state index is 0.775. The van der Waals surface area contributed by atoms with Crippen LogP contribution in [-0.2, 0) is 0 Å². The first-order valence-electron chi connectivity index (χ1n) is 6.60. The molecule has 0 unspecified atom stereocenters. The van der Waals surface area contributed by atoms with Crippen LogP contribution in [-0.4, -0.2) is 27.5 Å². The van der Waals surface area contributed by atoms with Gasteiger partial charge < -0.3 is 4.74 Å². The van der Waals surface area contributed by atoms with Crippen LogP contribution < -0.4 is 4.74 Å². The van der Waals surface area contributed by atoms with Crippen molar-refractivity contribution in [3.63, 3.8) is 0 Å². The Labute approximate surface area is 120 Å². The van der Waals surface area contributed by atoms with Crippen LogP contribution in [0.5, 0.6) is 5.75 Å². The van der Waals surface area contributed by atoms with E-state index in [2.05, 4.69) is 15.4 Å². The molecule has 102 valence electrons. The van der Waals surface area contributed by atoms with E-state index < -0.39 is 0 Å². The highest BCUT2D eigenvalue weighted by Crippen LogP contribution is 2.31. The highest BCUT2D eigenvalue weighted by molar-refractivity contribution is 6.07. The summed E-state index contributed by atoms with van der Waals surface area (Å²) in [6, 6.07) is 15.8. The third-order valence-electron chi connectivity index (χ3n) is 3.51. The molecule has 0 radical (unpaired) electrons. The highest BCUT2D eigenvalue weighted by atomic mass is 16.5. The van der Waals surface area contributed by atoms with E-state index in [1.165, 1.54) is 0 Å². The van der Waals surface area contributed by atoms with Gasteiger partial charge in [0.1, 0.15) is 22.5 Å². The Kier molecular flexibility index (Phi) is 2.57. The lowest BCUT2D eigenvalue weighted by atomic mass is 10.1. The maximum Gasteiger partial charge on any atom is 0.139 e. The Bertz CT molecular complexity index is 931. The minimum Gasteiger partial charge on any atom is -0.497 e. The molecule has 2 aromatic carbocycles. The monoisotopic (exact) mass is 276 g/mol. The zero-order valence-electron chi connectivity index (χ0n) is 11.4. The average molecular weight is 276 g/mol. The number of ether oxygens (including phenoxy) is 1. The molecule has 0 saturated heterocycles. The van der Waals surface area contributed by atoms with Gasteiger partial charge in [-0.25, -0.2) is 4.98 Å². The number of hydrogen-bond acceptors (Lipinski definition) is 4. The molecule has 2 heterocycles. The van der Waals surface area contributed by atoms with Gasteiger partial charge in [-0.3, -0.25) is 0 Å². The Morgan fingerprint density at radius 2 is 1.76 bits per heavy atom. The largest absolute Gasteiger partial charge is 0.497 e. The Balaban J connectivity index is 2.11. The van der Waals surface area contributed by atoms with Gasteiger partial charge >= 0.3 is 0 Å². The van der Waals surface area contributed by atoms with Crippen molar-refractivity contribution in [1.82, 2.24) is 20.4 Å². The Morgan fingerprint density at radius 3 is 2.57 bits per heavy atom. The number of fused-ring (bicyclic) bond motifs is 3. The molecule has 4 rings (SSSR count). The number of H-pyrrole nitrogens is 1. The second kappa shape index (κ2) is 4.56. The molecular weight excluding hydrogens is 264 g/mol. The summed E-state index contributed by atoms with van der Waals surface area (Å²) in [6.45, 7) is 0. The van der Waals surface area contributed by atoms with E-state index in [0.29, 0.717) is 0 Å². The predicted molar refractivity (Wildman–Crippen MR) is 81.2 cm³/mol. The summed E-state index contributed by atoms with van der Waals surface area (Å²) in [5.74, 6) is 0.775. The van der Waals surface area contributed by atoms with Crippen LogP contribution in [0.25, 0.3) is 33.2 Å². The minimum absolute atomic E-state index is 0.775. The summed E-state index contributed by atoms with van der Waals surface area (Å²) < 4.78 is 5.28. The number of hydrogen-bond donors (Lipinski definition) is 1. The number of nitrogens with one attached hydrogen (secondary N) is 1. The fourth-order valence-corrected chi connectivity index (χ4v) is 2.49. The Morgan fingerprint density at radius 1 is 0.952 bits per heavy atom. The first-order valence-corrected chi connectivity index (χ1v) is 6.60. The van der Waals surface area contributed by atoms with Crippen molar-refractivity contribution in [2.75, 3.05) is 7.11 Å². The molecule has 1 N–H and O–H groups in total. The van der Waals surface area contributed by atoms with Crippen LogP contribution in [0.1, 0.15) is 0 Å². The van der Waals surface area contributed by atoms with Gasteiger partial charge in [0.05, 0.1) is 12.6 Å². The van der Waals surface area contributed by atoms with E-state index in [-0.39, 0.29) is 0 Å². The normalized spacial score (nSPS) is 11.1. The topological polar surface area (TPSA) is 63.7 Å². The molecule has 0 aliphatic heterocycles. The zero-order chi connectivity index (χ0) is 14.2. The quantitative estimate of drug-likeness (QED) is 0.610. The van der Waals surface area contributed by atoms with E-state index in [0.717, 1.165) is 38.9 Å². The molecule has 2 aromatic heterocycles. The second-order valence-corrected chi connectivity index (χ2v) is 4.73. The third-order valence-corrected chi connectivity index (χ3v) is 3.51. The van der Waals surface area contributed by atoms with E-state index in [4.69, 9.17) is 9.72 Å². The maximum absolute atomic E-state index is 5.28. The van der Waals surface area contributed by atoms with Crippen LogP contribution in [0.15, 0.2) is 48.5 Å². The number of methoxy groups -OCH3 is 1. The van der Waals surface area contributed by atoms with Crippen molar-refractivity contribution in [2.45, 2.75) is 0 Å². The second-order valence-electron chi connectivity index (χ2n) is 4.73. The number of rotatable bonds is 2. The van der Waals surface area contributed by atoms with Crippen LogP contribution in [0.4, 0.5) is 0 Å². The van der Waals surface area contributed by atoms with Crippen molar-refractivity contribution in [3.05, 3.63) is 48.5 Å². The number of aromatic nitrogens is 4. The summed E-state index contributed by atoms with van der Waals surface area (Å²) in [6.07, 6.45) is 0. The van der Waals surface area contributed by atoms with E-state index >= 15 is 0 Å². The molecule has 0 saturated carbocycles. The Hall–Kier alpha value is -2.95. The van der Waals surface area contributed by atoms with Crippen LogP contribution in [0.3, 0.4) is 0 Å². The third kappa shape index (κ3) is 1.82. The van der Waals surface area contributed by atoms with Gasteiger partial charge in [0.2, 0.25) is 0 Å². The lowest BCUT2D eigenvalue weighted by molar-refractivity contribution is 0.415. The van der Waals surface area contributed by atoms with Crippen LogP contribution in [0.2, 0.25) is 0 Å². The molecule has 0 aliphatic carbocycles. The molecule has 4 aromatic rings. The molecule has 0 aliphatic rings. The molecular formula is C16H12N4O. The number of nitrogens with zero attached hydrogens (tertiary/aromatic N) is 3. The summed E-state index contributed by atoms with van der Waals surface area (Å²) in [5.41, 5.74) is 4.27. The zero-order valence-corrected chi connectivity index (χ0v) is 11.4. The fraction of sp³-hybridized carbons (Fsp3) is 0.0625. The van der Waals surface area contributed by atoms with Gasteiger partial charge in [0.15, 0.2) is 0 Å². The molecule has 21 heavy (non-hydrogen) atoms. The first-order chi connectivity index (χ1) is 10.4. The molecule has 0 atom stereocenters. The van der Waals surface area contributed by atoms with Crippen molar-refractivity contribution < 1.29 is 4.74 Å². The molecule has 0 spiro atoms. The van der Waals surface area contributed by atoms with Crippen LogP contribution >= 0.6 is 0 Å². The molecule has 5 heteroatoms. The van der Waals surface area contributed by atoms with Gasteiger partial charge in [-0.1, -0.05) is 30.3 Å². The van der Waals surface area contributed by atoms with Crippen LogP contribution in [0, 0.1) is 0 Å². The summed E-state index contributed by atoms with van der Waals surface area (Å²) in [4.78, 5) is 4.75. The van der Waals surface area contributed by atoms with Gasteiger partial charge in [0.25, 0.3) is 0 Å². The van der Waals surface area contributed by atoms with Crippen molar-refractivity contribution in [3.8, 4) is 17.0 Å². The lowest BCUT2D eigenvalue weighted by Crippen LogP contribution is -1.90. The first kappa shape index (κ1) is 11.8. The molecule has 0 fully saturated rings. The predicted octanol–water partition coefficient (Wildman–Crippen LogP) is 3.18. The maximum atomic E-state index is 5.28. The van der Waals surface area contributed by atoms with Gasteiger partial charge in [-0.15, -0.1) is 0 Å². The van der Waals surface area contributed by atoms with Gasteiger partial charge in [0, 0.05) is 17.0 Å². The number of benzene rings is 2. The van der Waals surface area contributed by atoms with Crippen molar-refractivity contribution in [1.29, 1.82) is 0 Å². The molecule has 0 amide bonds. The van der Waals surface area contributed by atoms with Crippen molar-refractivity contribution >= 4 is 21.9 Å².